The average Bonchev–Trinajstić information content (AvgIpc) is 2.56. The first-order valence-corrected chi connectivity index (χ1v) is 8.12. The summed E-state index contributed by atoms with van der Waals surface area (Å²) < 4.78 is 0. The lowest BCUT2D eigenvalue weighted by atomic mass is 9.75. The Kier molecular flexibility index (Phi) is 3.08. The maximum absolute atomic E-state index is 12.6. The largest absolute Gasteiger partial charge is 0.289 e. The van der Waals surface area contributed by atoms with Crippen molar-refractivity contribution < 1.29 is 9.59 Å². The molecule has 0 N–H and O–H groups in total. The van der Waals surface area contributed by atoms with Gasteiger partial charge in [0.25, 0.3) is 0 Å². The molecule has 2 aliphatic rings. The van der Waals surface area contributed by atoms with E-state index in [1.54, 1.807) is 0 Å². The zero-order valence-electron chi connectivity index (χ0n) is 13.3. The lowest BCUT2D eigenvalue weighted by molar-refractivity contribution is 0.0994. The monoisotopic (exact) mass is 302 g/mol. The van der Waals surface area contributed by atoms with Crippen LogP contribution in [0.1, 0.15) is 57.2 Å². The maximum Gasteiger partial charge on any atom is 0.187 e. The second-order valence-corrected chi connectivity index (χ2v) is 6.62. The summed E-state index contributed by atoms with van der Waals surface area (Å²) >= 11 is 0. The van der Waals surface area contributed by atoms with E-state index in [2.05, 4.69) is 32.0 Å². The molecule has 0 saturated carbocycles. The van der Waals surface area contributed by atoms with E-state index in [-0.39, 0.29) is 11.6 Å². The van der Waals surface area contributed by atoms with Crippen molar-refractivity contribution in [3.05, 3.63) is 70.3 Å². The number of fused-ring (bicyclic) bond motifs is 5. The van der Waals surface area contributed by atoms with Crippen LogP contribution < -0.4 is 0 Å². The Bertz CT molecular complexity index is 885. The van der Waals surface area contributed by atoms with Crippen LogP contribution in [0.5, 0.6) is 0 Å². The molecule has 0 fully saturated rings. The molecule has 0 aromatic heterocycles. The molecule has 0 unspecified atom stereocenters. The molecule has 0 heterocycles. The van der Waals surface area contributed by atoms with Crippen molar-refractivity contribution in [1.82, 2.24) is 0 Å². The molecule has 2 aliphatic carbocycles. The van der Waals surface area contributed by atoms with Crippen LogP contribution in [0.4, 0.5) is 0 Å². The minimum atomic E-state index is -0.0726. The Labute approximate surface area is 135 Å². The highest BCUT2D eigenvalue weighted by Gasteiger charge is 2.29. The second-order valence-electron chi connectivity index (χ2n) is 6.62. The van der Waals surface area contributed by atoms with Crippen molar-refractivity contribution in [2.24, 2.45) is 0 Å². The highest BCUT2D eigenvalue weighted by molar-refractivity contribution is 6.25. The van der Waals surface area contributed by atoms with Gasteiger partial charge in [0, 0.05) is 11.1 Å². The van der Waals surface area contributed by atoms with Crippen LogP contribution in [0.15, 0.2) is 42.5 Å². The van der Waals surface area contributed by atoms with Crippen LogP contribution in [0.3, 0.4) is 0 Å². The molecule has 0 amide bonds. The van der Waals surface area contributed by atoms with E-state index in [9.17, 15) is 9.59 Å². The summed E-state index contributed by atoms with van der Waals surface area (Å²) in [5, 5.41) is 0. The fourth-order valence-corrected chi connectivity index (χ4v) is 3.81. The summed E-state index contributed by atoms with van der Waals surface area (Å²) in [5.41, 5.74) is 7.04. The molecule has 0 bridgehead atoms. The molecule has 2 aromatic rings. The van der Waals surface area contributed by atoms with Crippen molar-refractivity contribution in [1.29, 1.82) is 0 Å². The Morgan fingerprint density at radius 3 is 2.22 bits per heavy atom. The lowest BCUT2D eigenvalue weighted by Crippen LogP contribution is -2.18. The predicted molar refractivity (Wildman–Crippen MR) is 91.2 cm³/mol. The normalized spacial score (nSPS) is 15.4. The van der Waals surface area contributed by atoms with Gasteiger partial charge in [0.05, 0.1) is 0 Å². The van der Waals surface area contributed by atoms with Crippen molar-refractivity contribution in [3.8, 4) is 11.1 Å². The van der Waals surface area contributed by atoms with Gasteiger partial charge in [0.2, 0.25) is 0 Å². The molecular formula is C21H18O2. The van der Waals surface area contributed by atoms with Gasteiger partial charge in [0.1, 0.15) is 0 Å². The van der Waals surface area contributed by atoms with Gasteiger partial charge in [-0.1, -0.05) is 38.1 Å². The average molecular weight is 302 g/mol. The molecule has 0 aliphatic heterocycles. The molecule has 23 heavy (non-hydrogen) atoms. The first kappa shape index (κ1) is 14.1. The van der Waals surface area contributed by atoms with Crippen LogP contribution in [-0.4, -0.2) is 11.6 Å². The van der Waals surface area contributed by atoms with Gasteiger partial charge in [-0.05, 0) is 64.8 Å². The van der Waals surface area contributed by atoms with Crippen LogP contribution in [0, 0.1) is 0 Å². The summed E-state index contributed by atoms with van der Waals surface area (Å²) in [5.74, 6) is 0.246. The standard InChI is InChI=1S/C21H18O2/c1-12(2)15-5-3-4-13-6-7-14-8-9-16-17(22)10-11-18(23)21(16)20(14)19(13)15/h3-5,8-12H,6-7H2,1-2H3. The molecular weight excluding hydrogens is 284 g/mol. The third kappa shape index (κ3) is 2.02. The van der Waals surface area contributed by atoms with Gasteiger partial charge in [-0.15, -0.1) is 0 Å². The minimum Gasteiger partial charge on any atom is -0.289 e. The SMILES string of the molecule is CC(C)c1cccc2c1-c1c(ccc3c1C(=O)C=CC3=O)CC2. The Hall–Kier alpha value is -2.48. The predicted octanol–water partition coefficient (Wildman–Crippen LogP) is 4.51. The number of allylic oxidation sites excluding steroid dienone is 2. The Balaban J connectivity index is 2.11. The zero-order valence-corrected chi connectivity index (χ0v) is 13.3. The molecule has 0 radical (unpaired) electrons. The number of aryl methyl sites for hydroxylation is 2. The van der Waals surface area contributed by atoms with Crippen LogP contribution >= 0.6 is 0 Å². The molecule has 2 heteroatoms. The summed E-state index contributed by atoms with van der Waals surface area (Å²) in [4.78, 5) is 24.8. The fraction of sp³-hybridized carbons (Fsp3) is 0.238. The smallest absolute Gasteiger partial charge is 0.187 e. The Morgan fingerprint density at radius 1 is 0.783 bits per heavy atom. The molecule has 0 atom stereocenters. The van der Waals surface area contributed by atoms with E-state index in [1.165, 1.54) is 34.4 Å². The Morgan fingerprint density at radius 2 is 1.48 bits per heavy atom. The number of carbonyl (C=O) groups is 2. The number of hydrogen-bond donors (Lipinski definition) is 0. The van der Waals surface area contributed by atoms with Crippen LogP contribution in [0.2, 0.25) is 0 Å². The van der Waals surface area contributed by atoms with Gasteiger partial charge >= 0.3 is 0 Å². The third-order valence-corrected chi connectivity index (χ3v) is 4.91. The van der Waals surface area contributed by atoms with E-state index in [1.807, 2.05) is 12.1 Å². The van der Waals surface area contributed by atoms with Gasteiger partial charge in [-0.2, -0.15) is 0 Å². The van der Waals surface area contributed by atoms with Crippen LogP contribution in [-0.2, 0) is 12.8 Å². The van der Waals surface area contributed by atoms with E-state index >= 15 is 0 Å². The number of benzene rings is 2. The maximum atomic E-state index is 12.6. The minimum absolute atomic E-state index is 0.0529. The molecule has 2 aromatic carbocycles. The molecule has 0 saturated heterocycles. The number of rotatable bonds is 1. The molecule has 114 valence electrons. The summed E-state index contributed by atoms with van der Waals surface area (Å²) in [6, 6.07) is 10.2. The lowest BCUT2D eigenvalue weighted by Gasteiger charge is -2.27. The van der Waals surface area contributed by atoms with E-state index < -0.39 is 0 Å². The van der Waals surface area contributed by atoms with Crippen molar-refractivity contribution in [2.75, 3.05) is 0 Å². The number of hydrogen-bond acceptors (Lipinski definition) is 2. The summed E-state index contributed by atoms with van der Waals surface area (Å²) in [7, 11) is 0. The first-order chi connectivity index (χ1) is 11.1. The van der Waals surface area contributed by atoms with Gasteiger partial charge in [-0.3, -0.25) is 9.59 Å². The molecule has 4 rings (SSSR count). The topological polar surface area (TPSA) is 34.1 Å². The summed E-state index contributed by atoms with van der Waals surface area (Å²) in [6.07, 6.45) is 4.70. The zero-order chi connectivity index (χ0) is 16.1. The van der Waals surface area contributed by atoms with Crippen molar-refractivity contribution >= 4 is 11.6 Å². The second kappa shape index (κ2) is 5.02. The van der Waals surface area contributed by atoms with Crippen LogP contribution in [0.25, 0.3) is 11.1 Å². The highest BCUT2D eigenvalue weighted by Crippen LogP contribution is 2.42. The van der Waals surface area contributed by atoms with Gasteiger partial charge in [0.15, 0.2) is 11.6 Å². The summed E-state index contributed by atoms with van der Waals surface area (Å²) in [6.45, 7) is 4.35. The van der Waals surface area contributed by atoms with Gasteiger partial charge in [-0.25, -0.2) is 0 Å². The highest BCUT2D eigenvalue weighted by atomic mass is 16.1. The van der Waals surface area contributed by atoms with E-state index in [0.717, 1.165) is 18.4 Å². The molecule has 0 spiro atoms. The quantitative estimate of drug-likeness (QED) is 0.776. The van der Waals surface area contributed by atoms with Crippen molar-refractivity contribution in [2.45, 2.75) is 32.6 Å². The fourth-order valence-electron chi connectivity index (χ4n) is 3.81. The number of ketones is 2. The number of carbonyl (C=O) groups excluding carboxylic acids is 2. The van der Waals surface area contributed by atoms with Crippen molar-refractivity contribution in [3.63, 3.8) is 0 Å². The van der Waals surface area contributed by atoms with E-state index in [4.69, 9.17) is 0 Å². The third-order valence-electron chi connectivity index (χ3n) is 4.91. The van der Waals surface area contributed by atoms with Gasteiger partial charge < -0.3 is 0 Å². The van der Waals surface area contributed by atoms with E-state index in [0.29, 0.717) is 17.0 Å². The molecule has 2 nitrogen and oxygen atoms in total. The first-order valence-electron chi connectivity index (χ1n) is 8.12.